The molecule has 3 nitrogen and oxygen atoms in total. The third kappa shape index (κ3) is 2.82. The Balaban J connectivity index is 2.14. The first-order valence-corrected chi connectivity index (χ1v) is 5.69. The van der Waals surface area contributed by atoms with Gasteiger partial charge in [-0.3, -0.25) is 9.69 Å². The van der Waals surface area contributed by atoms with E-state index in [0.717, 1.165) is 12.8 Å². The number of ether oxygens (including phenoxy) is 1. The molecule has 0 saturated heterocycles. The van der Waals surface area contributed by atoms with Crippen molar-refractivity contribution in [1.82, 2.24) is 4.90 Å². The summed E-state index contributed by atoms with van der Waals surface area (Å²) in [6.07, 6.45) is 2.29. The first-order chi connectivity index (χ1) is 8.11. The summed E-state index contributed by atoms with van der Waals surface area (Å²) in [5.41, 5.74) is 0.319. The second kappa shape index (κ2) is 4.84. The van der Waals surface area contributed by atoms with Crippen molar-refractivity contribution in [3.8, 4) is 5.75 Å². The van der Waals surface area contributed by atoms with E-state index in [2.05, 4.69) is 0 Å². The predicted octanol–water partition coefficient (Wildman–Crippen LogP) is 2.11. The van der Waals surface area contributed by atoms with Crippen LogP contribution in [0.2, 0.25) is 0 Å². The van der Waals surface area contributed by atoms with Crippen molar-refractivity contribution in [3.05, 3.63) is 29.6 Å². The Labute approximate surface area is 100 Å². The molecule has 0 N–H and O–H groups in total. The number of Topliss-reactive ketones (excluding diaryl/α,β-unsaturated/α-hetero) is 1. The number of carbonyl (C=O) groups is 1. The number of hydrogen-bond acceptors (Lipinski definition) is 3. The summed E-state index contributed by atoms with van der Waals surface area (Å²) in [6.45, 7) is 0.310. The van der Waals surface area contributed by atoms with Crippen LogP contribution < -0.4 is 4.74 Å². The largest absolute Gasteiger partial charge is 0.496 e. The quantitative estimate of drug-likeness (QED) is 0.735. The highest BCUT2D eigenvalue weighted by atomic mass is 19.1. The second-order valence-electron chi connectivity index (χ2n) is 4.41. The summed E-state index contributed by atoms with van der Waals surface area (Å²) >= 11 is 0. The highest BCUT2D eigenvalue weighted by Gasteiger charge is 2.28. The van der Waals surface area contributed by atoms with E-state index in [9.17, 15) is 9.18 Å². The van der Waals surface area contributed by atoms with E-state index in [1.54, 1.807) is 0 Å². The van der Waals surface area contributed by atoms with E-state index >= 15 is 0 Å². The molecule has 0 aromatic heterocycles. The molecule has 0 radical (unpaired) electrons. The van der Waals surface area contributed by atoms with Crippen molar-refractivity contribution in [2.45, 2.75) is 18.9 Å². The third-order valence-electron chi connectivity index (χ3n) is 3.03. The molecular formula is C13H16FNO2. The Morgan fingerprint density at radius 3 is 2.82 bits per heavy atom. The summed E-state index contributed by atoms with van der Waals surface area (Å²) in [7, 11) is 3.40. The van der Waals surface area contributed by atoms with Crippen LogP contribution in [0.4, 0.5) is 4.39 Å². The van der Waals surface area contributed by atoms with Crippen molar-refractivity contribution >= 4 is 5.78 Å². The van der Waals surface area contributed by atoms with Crippen LogP contribution in [0.25, 0.3) is 0 Å². The number of rotatable bonds is 5. The van der Waals surface area contributed by atoms with Gasteiger partial charge >= 0.3 is 0 Å². The fraction of sp³-hybridized carbons (Fsp3) is 0.462. The molecule has 1 saturated carbocycles. The lowest BCUT2D eigenvalue weighted by atomic mass is 10.1. The molecule has 0 spiro atoms. The lowest BCUT2D eigenvalue weighted by Crippen LogP contribution is -2.28. The molecule has 4 heteroatoms. The second-order valence-corrected chi connectivity index (χ2v) is 4.41. The number of hydrogen-bond donors (Lipinski definition) is 0. The first kappa shape index (κ1) is 12.0. The Morgan fingerprint density at radius 1 is 1.53 bits per heavy atom. The molecule has 2 rings (SSSR count). The topological polar surface area (TPSA) is 29.5 Å². The SMILES string of the molecule is COc1ccc(F)cc1C(=O)CN(C)C1CC1. The number of likely N-dealkylation sites (N-methyl/N-ethyl adjacent to an activating group) is 1. The van der Waals surface area contributed by atoms with Crippen molar-refractivity contribution in [1.29, 1.82) is 0 Å². The van der Waals surface area contributed by atoms with E-state index in [1.165, 1.54) is 25.3 Å². The zero-order chi connectivity index (χ0) is 12.4. The van der Waals surface area contributed by atoms with Gasteiger partial charge in [0.2, 0.25) is 0 Å². The third-order valence-corrected chi connectivity index (χ3v) is 3.03. The minimum absolute atomic E-state index is 0.101. The summed E-state index contributed by atoms with van der Waals surface area (Å²) in [4.78, 5) is 14.0. The Bertz CT molecular complexity index is 429. The summed E-state index contributed by atoms with van der Waals surface area (Å²) in [5, 5.41) is 0. The van der Waals surface area contributed by atoms with Crippen LogP contribution in [0.5, 0.6) is 5.75 Å². The Hall–Kier alpha value is -1.42. The highest BCUT2D eigenvalue weighted by molar-refractivity contribution is 6.00. The Morgan fingerprint density at radius 2 is 2.24 bits per heavy atom. The number of benzene rings is 1. The Kier molecular flexibility index (Phi) is 3.43. The van der Waals surface area contributed by atoms with Gasteiger partial charge in [-0.1, -0.05) is 0 Å². The highest BCUT2D eigenvalue weighted by Crippen LogP contribution is 2.26. The number of nitrogens with zero attached hydrogens (tertiary/aromatic N) is 1. The zero-order valence-corrected chi connectivity index (χ0v) is 10.1. The fourth-order valence-corrected chi connectivity index (χ4v) is 1.85. The lowest BCUT2D eigenvalue weighted by molar-refractivity contribution is 0.0939. The van der Waals surface area contributed by atoms with Gasteiger partial charge in [-0.2, -0.15) is 0 Å². The molecule has 92 valence electrons. The fourth-order valence-electron chi connectivity index (χ4n) is 1.85. The van der Waals surface area contributed by atoms with Gasteiger partial charge in [0.25, 0.3) is 0 Å². The van der Waals surface area contributed by atoms with Crippen LogP contribution in [0.15, 0.2) is 18.2 Å². The standard InChI is InChI=1S/C13H16FNO2/c1-15(10-4-5-10)8-12(16)11-7-9(14)3-6-13(11)17-2/h3,6-7,10H,4-5,8H2,1-2H3. The summed E-state index contributed by atoms with van der Waals surface area (Å²) in [5.74, 6) is -0.0837. The molecule has 0 amide bonds. The summed E-state index contributed by atoms with van der Waals surface area (Å²) < 4.78 is 18.2. The van der Waals surface area contributed by atoms with Crippen LogP contribution in [-0.4, -0.2) is 37.4 Å². The molecule has 0 unspecified atom stereocenters. The average molecular weight is 237 g/mol. The monoisotopic (exact) mass is 237 g/mol. The molecular weight excluding hydrogens is 221 g/mol. The van der Waals surface area contributed by atoms with Gasteiger partial charge in [0.1, 0.15) is 11.6 Å². The maximum Gasteiger partial charge on any atom is 0.180 e. The number of halogens is 1. The number of carbonyl (C=O) groups excluding carboxylic acids is 1. The van der Waals surface area contributed by atoms with Crippen LogP contribution in [0, 0.1) is 5.82 Å². The van der Waals surface area contributed by atoms with Crippen LogP contribution >= 0.6 is 0 Å². The van der Waals surface area contributed by atoms with E-state index in [4.69, 9.17) is 4.74 Å². The van der Waals surface area contributed by atoms with Crippen molar-refractivity contribution in [2.75, 3.05) is 20.7 Å². The molecule has 1 aromatic carbocycles. The molecule has 0 heterocycles. The van der Waals surface area contributed by atoms with Crippen LogP contribution in [0.3, 0.4) is 0 Å². The number of ketones is 1. The molecule has 1 fully saturated rings. The minimum Gasteiger partial charge on any atom is -0.496 e. The minimum atomic E-state index is -0.414. The predicted molar refractivity (Wildman–Crippen MR) is 62.9 cm³/mol. The first-order valence-electron chi connectivity index (χ1n) is 5.69. The smallest absolute Gasteiger partial charge is 0.180 e. The average Bonchev–Trinajstić information content (AvgIpc) is 3.12. The molecule has 1 aliphatic carbocycles. The van der Waals surface area contributed by atoms with Crippen LogP contribution in [0.1, 0.15) is 23.2 Å². The van der Waals surface area contributed by atoms with Gasteiger partial charge < -0.3 is 4.74 Å². The zero-order valence-electron chi connectivity index (χ0n) is 10.1. The van der Waals surface area contributed by atoms with Gasteiger partial charge in [-0.05, 0) is 38.1 Å². The maximum absolute atomic E-state index is 13.1. The van der Waals surface area contributed by atoms with E-state index < -0.39 is 5.82 Å². The normalized spacial score (nSPS) is 15.1. The lowest BCUT2D eigenvalue weighted by Gasteiger charge is -2.15. The summed E-state index contributed by atoms with van der Waals surface area (Å²) in [6, 6.07) is 4.53. The maximum atomic E-state index is 13.1. The molecule has 0 bridgehead atoms. The van der Waals surface area contributed by atoms with Gasteiger partial charge in [0.15, 0.2) is 5.78 Å². The molecule has 0 atom stereocenters. The molecule has 1 aromatic rings. The van der Waals surface area contributed by atoms with Gasteiger partial charge in [-0.25, -0.2) is 4.39 Å². The van der Waals surface area contributed by atoms with Gasteiger partial charge in [0, 0.05) is 6.04 Å². The van der Waals surface area contributed by atoms with Crippen molar-refractivity contribution < 1.29 is 13.9 Å². The van der Waals surface area contributed by atoms with Crippen LogP contribution in [-0.2, 0) is 0 Å². The van der Waals surface area contributed by atoms with Gasteiger partial charge in [0.05, 0.1) is 19.2 Å². The van der Waals surface area contributed by atoms with Gasteiger partial charge in [-0.15, -0.1) is 0 Å². The molecule has 17 heavy (non-hydrogen) atoms. The number of methoxy groups -OCH3 is 1. The van der Waals surface area contributed by atoms with E-state index in [1.807, 2.05) is 11.9 Å². The van der Waals surface area contributed by atoms with E-state index in [-0.39, 0.29) is 5.78 Å². The van der Waals surface area contributed by atoms with E-state index in [0.29, 0.717) is 23.9 Å². The molecule has 0 aliphatic heterocycles. The van der Waals surface area contributed by atoms with Crippen molar-refractivity contribution in [2.24, 2.45) is 0 Å². The van der Waals surface area contributed by atoms with Crippen molar-refractivity contribution in [3.63, 3.8) is 0 Å². The molecule has 1 aliphatic rings.